The highest BCUT2D eigenvalue weighted by atomic mass is 14.8. The van der Waals surface area contributed by atoms with Crippen LogP contribution in [0.25, 0.3) is 0 Å². The molecule has 1 nitrogen and oxygen atoms in total. The van der Waals surface area contributed by atoms with E-state index in [2.05, 4.69) is 52.6 Å². The van der Waals surface area contributed by atoms with E-state index in [1.807, 2.05) is 7.05 Å². The van der Waals surface area contributed by atoms with Crippen molar-refractivity contribution in [1.82, 2.24) is 5.32 Å². The molecule has 0 aromatic carbocycles. The molecule has 1 heteroatoms. The molecular weight excluding hydrogens is 158 g/mol. The predicted molar refractivity (Wildman–Crippen MR) is 60.6 cm³/mol. The van der Waals surface area contributed by atoms with Crippen LogP contribution in [0.1, 0.15) is 34.6 Å². The van der Waals surface area contributed by atoms with Gasteiger partial charge in [0, 0.05) is 18.2 Å². The van der Waals surface area contributed by atoms with Gasteiger partial charge in [-0.1, -0.05) is 46.8 Å². The molecular formula is C12H23N. The van der Waals surface area contributed by atoms with E-state index in [-0.39, 0.29) is 5.41 Å². The number of rotatable bonds is 3. The average molecular weight is 181 g/mol. The molecule has 76 valence electrons. The van der Waals surface area contributed by atoms with Crippen LogP contribution in [0.3, 0.4) is 0 Å². The molecule has 1 N–H and O–H groups in total. The van der Waals surface area contributed by atoms with Gasteiger partial charge in [-0.2, -0.15) is 0 Å². The first-order chi connectivity index (χ1) is 5.79. The van der Waals surface area contributed by atoms with Crippen molar-refractivity contribution in [2.75, 3.05) is 7.05 Å². The molecule has 13 heavy (non-hydrogen) atoms. The first-order valence-corrected chi connectivity index (χ1v) is 4.87. The van der Waals surface area contributed by atoms with Gasteiger partial charge in [-0.3, -0.25) is 0 Å². The Morgan fingerprint density at radius 3 is 2.00 bits per heavy atom. The summed E-state index contributed by atoms with van der Waals surface area (Å²) in [5.74, 6) is 0.519. The second-order valence-corrected chi connectivity index (χ2v) is 4.79. The van der Waals surface area contributed by atoms with E-state index in [9.17, 15) is 0 Å². The maximum atomic E-state index is 4.04. The van der Waals surface area contributed by atoms with Crippen LogP contribution in [-0.4, -0.2) is 7.05 Å². The fourth-order valence-electron chi connectivity index (χ4n) is 1.02. The Kier molecular flexibility index (Phi) is 4.25. The standard InChI is InChI=1S/C12H23N/c1-9(2)10(3)8-11(13-7)12(4,5)6/h8-9,13H,3H2,1-2,4-7H3/b11-8-. The lowest BCUT2D eigenvalue weighted by atomic mass is 9.89. The quantitative estimate of drug-likeness (QED) is 0.658. The minimum Gasteiger partial charge on any atom is -0.391 e. The van der Waals surface area contributed by atoms with Gasteiger partial charge in [-0.15, -0.1) is 0 Å². The van der Waals surface area contributed by atoms with Crippen LogP contribution in [0.2, 0.25) is 0 Å². The van der Waals surface area contributed by atoms with Gasteiger partial charge < -0.3 is 5.32 Å². The van der Waals surface area contributed by atoms with Crippen molar-refractivity contribution >= 4 is 0 Å². The number of hydrogen-bond acceptors (Lipinski definition) is 1. The largest absolute Gasteiger partial charge is 0.391 e. The Bertz CT molecular complexity index is 204. The SMILES string of the molecule is C=C(/C=C(\NC)C(C)(C)C)C(C)C. The average Bonchev–Trinajstić information content (AvgIpc) is 1.96. The minimum atomic E-state index is 0.173. The molecule has 0 atom stereocenters. The van der Waals surface area contributed by atoms with Crippen molar-refractivity contribution in [1.29, 1.82) is 0 Å². The molecule has 0 radical (unpaired) electrons. The van der Waals surface area contributed by atoms with Crippen molar-refractivity contribution in [3.63, 3.8) is 0 Å². The van der Waals surface area contributed by atoms with Gasteiger partial charge in [0.2, 0.25) is 0 Å². The molecule has 0 heterocycles. The molecule has 0 aliphatic rings. The lowest BCUT2D eigenvalue weighted by Gasteiger charge is -2.23. The summed E-state index contributed by atoms with van der Waals surface area (Å²) in [4.78, 5) is 0. The molecule has 0 saturated carbocycles. The highest BCUT2D eigenvalue weighted by molar-refractivity contribution is 5.24. The summed E-state index contributed by atoms with van der Waals surface area (Å²) in [7, 11) is 1.96. The van der Waals surface area contributed by atoms with E-state index in [1.165, 1.54) is 11.3 Å². The van der Waals surface area contributed by atoms with Crippen LogP contribution in [0, 0.1) is 11.3 Å². The first kappa shape index (κ1) is 12.3. The smallest absolute Gasteiger partial charge is 0.0161 e. The molecule has 0 aliphatic carbocycles. The van der Waals surface area contributed by atoms with Crippen LogP contribution in [0.5, 0.6) is 0 Å². The van der Waals surface area contributed by atoms with Gasteiger partial charge in [-0.25, -0.2) is 0 Å². The molecule has 0 bridgehead atoms. The van der Waals surface area contributed by atoms with Gasteiger partial charge in [0.25, 0.3) is 0 Å². The Morgan fingerprint density at radius 1 is 1.31 bits per heavy atom. The van der Waals surface area contributed by atoms with Crippen LogP contribution in [0.4, 0.5) is 0 Å². The molecule has 0 fully saturated rings. The van der Waals surface area contributed by atoms with Crippen LogP contribution in [0.15, 0.2) is 23.9 Å². The third-order valence-electron chi connectivity index (χ3n) is 2.15. The molecule has 0 spiro atoms. The third-order valence-corrected chi connectivity index (χ3v) is 2.15. The minimum absolute atomic E-state index is 0.173. The summed E-state index contributed by atoms with van der Waals surface area (Å²) in [6.07, 6.45) is 2.16. The fourth-order valence-corrected chi connectivity index (χ4v) is 1.02. The Morgan fingerprint density at radius 2 is 1.77 bits per heavy atom. The lowest BCUT2D eigenvalue weighted by molar-refractivity contribution is 0.471. The monoisotopic (exact) mass is 181 g/mol. The lowest BCUT2D eigenvalue weighted by Crippen LogP contribution is -2.21. The third kappa shape index (κ3) is 4.16. The maximum absolute atomic E-state index is 4.04. The molecule has 0 aromatic rings. The second-order valence-electron chi connectivity index (χ2n) is 4.79. The zero-order valence-electron chi connectivity index (χ0n) is 9.86. The van der Waals surface area contributed by atoms with Gasteiger partial charge in [0.15, 0.2) is 0 Å². The highest BCUT2D eigenvalue weighted by Gasteiger charge is 2.15. The summed E-state index contributed by atoms with van der Waals surface area (Å²) in [6.45, 7) is 15.0. The van der Waals surface area contributed by atoms with Gasteiger partial charge in [-0.05, 0) is 12.0 Å². The van der Waals surface area contributed by atoms with E-state index in [4.69, 9.17) is 0 Å². The molecule has 0 saturated heterocycles. The van der Waals surface area contributed by atoms with E-state index in [0.717, 1.165) is 0 Å². The molecule has 0 aromatic heterocycles. The van der Waals surface area contributed by atoms with E-state index in [0.29, 0.717) is 5.92 Å². The zero-order valence-corrected chi connectivity index (χ0v) is 9.86. The van der Waals surface area contributed by atoms with Crippen molar-refractivity contribution in [3.05, 3.63) is 23.9 Å². The molecule has 0 unspecified atom stereocenters. The summed E-state index contributed by atoms with van der Waals surface area (Å²) >= 11 is 0. The van der Waals surface area contributed by atoms with Crippen molar-refractivity contribution in [2.24, 2.45) is 11.3 Å². The van der Waals surface area contributed by atoms with E-state index < -0.39 is 0 Å². The van der Waals surface area contributed by atoms with Gasteiger partial charge in [0.05, 0.1) is 0 Å². The van der Waals surface area contributed by atoms with E-state index in [1.54, 1.807) is 0 Å². The second kappa shape index (κ2) is 4.50. The Balaban J connectivity index is 4.68. The van der Waals surface area contributed by atoms with Crippen molar-refractivity contribution in [2.45, 2.75) is 34.6 Å². The first-order valence-electron chi connectivity index (χ1n) is 4.87. The summed E-state index contributed by atoms with van der Waals surface area (Å²) in [5, 5.41) is 3.23. The summed E-state index contributed by atoms with van der Waals surface area (Å²) < 4.78 is 0. The number of hydrogen-bond donors (Lipinski definition) is 1. The van der Waals surface area contributed by atoms with Gasteiger partial charge >= 0.3 is 0 Å². The molecule has 0 rings (SSSR count). The van der Waals surface area contributed by atoms with Gasteiger partial charge in [0.1, 0.15) is 0 Å². The Hall–Kier alpha value is -0.720. The summed E-state index contributed by atoms with van der Waals surface area (Å²) in [6, 6.07) is 0. The number of allylic oxidation sites excluding steroid dienone is 3. The van der Waals surface area contributed by atoms with E-state index >= 15 is 0 Å². The topological polar surface area (TPSA) is 12.0 Å². The van der Waals surface area contributed by atoms with Crippen molar-refractivity contribution < 1.29 is 0 Å². The zero-order chi connectivity index (χ0) is 10.6. The highest BCUT2D eigenvalue weighted by Crippen LogP contribution is 2.24. The Labute approximate surface area is 82.9 Å². The fraction of sp³-hybridized carbons (Fsp3) is 0.667. The van der Waals surface area contributed by atoms with Crippen LogP contribution < -0.4 is 5.32 Å². The summed E-state index contributed by atoms with van der Waals surface area (Å²) in [5.41, 5.74) is 2.59. The maximum Gasteiger partial charge on any atom is 0.0161 e. The molecule has 0 amide bonds. The predicted octanol–water partition coefficient (Wildman–Crippen LogP) is 3.35. The molecule has 0 aliphatic heterocycles. The number of nitrogens with one attached hydrogen (secondary N) is 1. The van der Waals surface area contributed by atoms with Crippen LogP contribution in [-0.2, 0) is 0 Å². The van der Waals surface area contributed by atoms with Crippen molar-refractivity contribution in [3.8, 4) is 0 Å². The normalized spacial score (nSPS) is 13.3. The van der Waals surface area contributed by atoms with Crippen LogP contribution >= 0.6 is 0 Å².